The average Bonchev–Trinajstić information content (AvgIpc) is 2.51. The summed E-state index contributed by atoms with van der Waals surface area (Å²) in [5.74, 6) is -0.468. The van der Waals surface area contributed by atoms with E-state index in [0.717, 1.165) is 31.4 Å². The maximum Gasteiger partial charge on any atom is 0.344 e. The van der Waals surface area contributed by atoms with Gasteiger partial charge < -0.3 is 9.94 Å². The van der Waals surface area contributed by atoms with Crippen LogP contribution >= 0.6 is 0 Å². The lowest BCUT2D eigenvalue weighted by atomic mass is 10.0. The van der Waals surface area contributed by atoms with Crippen LogP contribution in [0, 0.1) is 5.92 Å². The molecule has 0 spiro atoms. The van der Waals surface area contributed by atoms with Crippen LogP contribution in [0.2, 0.25) is 0 Å². The van der Waals surface area contributed by atoms with Crippen molar-refractivity contribution in [2.75, 3.05) is 6.61 Å². The molecule has 0 aliphatic heterocycles. The third-order valence-corrected chi connectivity index (χ3v) is 2.32. The fourth-order valence-electron chi connectivity index (χ4n) is 1.63. The van der Waals surface area contributed by atoms with Crippen LogP contribution in [0.15, 0.2) is 5.16 Å². The van der Waals surface area contributed by atoms with Crippen molar-refractivity contribution < 1.29 is 14.7 Å². The van der Waals surface area contributed by atoms with Crippen molar-refractivity contribution in [3.63, 3.8) is 0 Å². The van der Waals surface area contributed by atoms with Crippen molar-refractivity contribution in [3.8, 4) is 0 Å². The van der Waals surface area contributed by atoms with Gasteiger partial charge in [0.2, 0.25) is 6.61 Å². The van der Waals surface area contributed by atoms with Crippen molar-refractivity contribution in [2.24, 2.45) is 11.1 Å². The van der Waals surface area contributed by atoms with Crippen LogP contribution < -0.4 is 0 Å². The van der Waals surface area contributed by atoms with Gasteiger partial charge in [0.05, 0.1) is 5.71 Å². The molecule has 0 heterocycles. The number of carbonyl (C=O) groups is 1. The van der Waals surface area contributed by atoms with Gasteiger partial charge in [-0.15, -0.1) is 0 Å². The Labute approximate surface area is 77.6 Å². The largest absolute Gasteiger partial charge is 0.479 e. The summed E-state index contributed by atoms with van der Waals surface area (Å²) in [6.45, 7) is 1.78. The summed E-state index contributed by atoms with van der Waals surface area (Å²) in [4.78, 5) is 14.8. The highest BCUT2D eigenvalue weighted by atomic mass is 16.6. The molecular formula is C9H15NO3. The Balaban J connectivity index is 2.36. The Bertz CT molecular complexity index is 213. The number of hydrogen-bond donors (Lipinski definition) is 1. The minimum Gasteiger partial charge on any atom is -0.479 e. The van der Waals surface area contributed by atoms with Gasteiger partial charge in [0.1, 0.15) is 0 Å². The summed E-state index contributed by atoms with van der Waals surface area (Å²) in [6, 6.07) is 0. The summed E-state index contributed by atoms with van der Waals surface area (Å²) in [5, 5.41) is 12.2. The maximum absolute atomic E-state index is 10.1. The summed E-state index contributed by atoms with van der Waals surface area (Å²) in [5.41, 5.74) is 1.03. The molecular weight excluding hydrogens is 170 g/mol. The van der Waals surface area contributed by atoms with Crippen LogP contribution in [0.3, 0.4) is 0 Å². The predicted octanol–water partition coefficient (Wildman–Crippen LogP) is 1.65. The van der Waals surface area contributed by atoms with Gasteiger partial charge in [0.25, 0.3) is 0 Å². The SMILES string of the molecule is CCC1CCCC1=NOCC(=O)O. The van der Waals surface area contributed by atoms with E-state index in [0.29, 0.717) is 5.92 Å². The Kier molecular flexibility index (Phi) is 3.73. The lowest BCUT2D eigenvalue weighted by molar-refractivity contribution is -0.142. The molecule has 13 heavy (non-hydrogen) atoms. The molecule has 0 amide bonds. The van der Waals surface area contributed by atoms with E-state index >= 15 is 0 Å². The van der Waals surface area contributed by atoms with Gasteiger partial charge in [-0.25, -0.2) is 4.79 Å². The zero-order valence-corrected chi connectivity index (χ0v) is 7.82. The van der Waals surface area contributed by atoms with E-state index in [9.17, 15) is 4.79 Å². The number of hydrogen-bond acceptors (Lipinski definition) is 3. The van der Waals surface area contributed by atoms with Gasteiger partial charge >= 0.3 is 5.97 Å². The molecule has 1 fully saturated rings. The molecule has 1 saturated carbocycles. The van der Waals surface area contributed by atoms with Crippen molar-refractivity contribution in [2.45, 2.75) is 32.6 Å². The smallest absolute Gasteiger partial charge is 0.344 e. The molecule has 0 saturated heterocycles. The van der Waals surface area contributed by atoms with Crippen LogP contribution in [0.4, 0.5) is 0 Å². The molecule has 4 nitrogen and oxygen atoms in total. The Morgan fingerprint density at radius 2 is 2.54 bits per heavy atom. The maximum atomic E-state index is 10.1. The molecule has 1 rings (SSSR count). The summed E-state index contributed by atoms with van der Waals surface area (Å²) >= 11 is 0. The van der Waals surface area contributed by atoms with Crippen LogP contribution in [0.1, 0.15) is 32.6 Å². The molecule has 74 valence electrons. The van der Waals surface area contributed by atoms with E-state index in [4.69, 9.17) is 9.94 Å². The van der Waals surface area contributed by atoms with E-state index in [1.807, 2.05) is 0 Å². The third-order valence-electron chi connectivity index (χ3n) is 2.32. The van der Waals surface area contributed by atoms with Gasteiger partial charge in [0.15, 0.2) is 0 Å². The second-order valence-electron chi connectivity index (χ2n) is 3.25. The fourth-order valence-corrected chi connectivity index (χ4v) is 1.63. The second kappa shape index (κ2) is 4.84. The third kappa shape index (κ3) is 3.05. The van der Waals surface area contributed by atoms with E-state index in [1.165, 1.54) is 0 Å². The van der Waals surface area contributed by atoms with E-state index < -0.39 is 5.97 Å². The topological polar surface area (TPSA) is 58.9 Å². The highest BCUT2D eigenvalue weighted by Crippen LogP contribution is 2.25. The first-order valence-corrected chi connectivity index (χ1v) is 4.64. The lowest BCUT2D eigenvalue weighted by Crippen LogP contribution is -2.09. The minimum atomic E-state index is -0.976. The van der Waals surface area contributed by atoms with Gasteiger partial charge in [-0.05, 0) is 25.7 Å². The highest BCUT2D eigenvalue weighted by molar-refractivity contribution is 5.88. The highest BCUT2D eigenvalue weighted by Gasteiger charge is 2.21. The Morgan fingerprint density at radius 1 is 1.77 bits per heavy atom. The summed E-state index contributed by atoms with van der Waals surface area (Å²) in [7, 11) is 0. The van der Waals surface area contributed by atoms with Crippen molar-refractivity contribution in [3.05, 3.63) is 0 Å². The van der Waals surface area contributed by atoms with Crippen LogP contribution in [-0.4, -0.2) is 23.4 Å². The van der Waals surface area contributed by atoms with Crippen molar-refractivity contribution in [1.82, 2.24) is 0 Å². The molecule has 1 aliphatic rings. The fraction of sp³-hybridized carbons (Fsp3) is 0.778. The van der Waals surface area contributed by atoms with Gasteiger partial charge in [-0.3, -0.25) is 0 Å². The standard InChI is InChI=1S/C9H15NO3/c1-2-7-4-3-5-8(7)10-13-6-9(11)12/h7H,2-6H2,1H3,(H,11,12). The second-order valence-corrected chi connectivity index (χ2v) is 3.25. The van der Waals surface area contributed by atoms with Crippen molar-refractivity contribution >= 4 is 11.7 Å². The molecule has 1 atom stereocenters. The molecule has 1 N–H and O–H groups in total. The van der Waals surface area contributed by atoms with Gasteiger partial charge in [-0.2, -0.15) is 0 Å². The minimum absolute atomic E-state index is 0.333. The molecule has 1 unspecified atom stereocenters. The number of carboxylic acid groups (broad SMARTS) is 1. The monoisotopic (exact) mass is 185 g/mol. The number of aliphatic carboxylic acids is 1. The zero-order valence-electron chi connectivity index (χ0n) is 7.82. The van der Waals surface area contributed by atoms with E-state index in [2.05, 4.69) is 12.1 Å². The zero-order chi connectivity index (χ0) is 9.68. The Morgan fingerprint density at radius 3 is 3.15 bits per heavy atom. The van der Waals surface area contributed by atoms with Crippen molar-refractivity contribution in [1.29, 1.82) is 0 Å². The first-order valence-electron chi connectivity index (χ1n) is 4.64. The molecule has 0 aromatic carbocycles. The van der Waals surface area contributed by atoms with Gasteiger partial charge in [0, 0.05) is 5.92 Å². The first kappa shape index (κ1) is 10.0. The summed E-state index contributed by atoms with van der Waals surface area (Å²) < 4.78 is 0. The number of rotatable bonds is 4. The lowest BCUT2D eigenvalue weighted by Gasteiger charge is -2.05. The molecule has 4 heteroatoms. The van der Waals surface area contributed by atoms with Crippen LogP contribution in [0.25, 0.3) is 0 Å². The number of oxime groups is 1. The molecule has 1 aliphatic carbocycles. The van der Waals surface area contributed by atoms with Crippen LogP contribution in [-0.2, 0) is 9.63 Å². The predicted molar refractivity (Wildman–Crippen MR) is 48.7 cm³/mol. The molecule has 0 aromatic rings. The van der Waals surface area contributed by atoms with Gasteiger partial charge in [-0.1, -0.05) is 12.1 Å². The van der Waals surface area contributed by atoms with Crippen LogP contribution in [0.5, 0.6) is 0 Å². The summed E-state index contributed by atoms with van der Waals surface area (Å²) in [6.07, 6.45) is 4.33. The molecule has 0 aromatic heterocycles. The van der Waals surface area contributed by atoms with E-state index in [1.54, 1.807) is 0 Å². The quantitative estimate of drug-likeness (QED) is 0.677. The molecule has 0 radical (unpaired) electrons. The number of carboxylic acids is 1. The van der Waals surface area contributed by atoms with E-state index in [-0.39, 0.29) is 6.61 Å². The Hall–Kier alpha value is -1.06. The first-order chi connectivity index (χ1) is 6.24. The normalized spacial score (nSPS) is 25.0. The number of nitrogens with zero attached hydrogens (tertiary/aromatic N) is 1. The molecule has 0 bridgehead atoms. The average molecular weight is 185 g/mol.